The highest BCUT2D eigenvalue weighted by atomic mass is 16.3. The van der Waals surface area contributed by atoms with Gasteiger partial charge in [-0.05, 0) is 90.1 Å². The Morgan fingerprint density at radius 2 is 1.14 bits per heavy atom. The number of aliphatic imine (C=N–C) groups is 2. The fourth-order valence-electron chi connectivity index (χ4n) is 7.77. The maximum atomic E-state index is 6.15. The molecule has 0 atom stereocenters. The van der Waals surface area contributed by atoms with Crippen LogP contribution in [0.1, 0.15) is 6.92 Å². The summed E-state index contributed by atoms with van der Waals surface area (Å²) in [6.07, 6.45) is 0. The fourth-order valence-corrected chi connectivity index (χ4v) is 7.77. The van der Waals surface area contributed by atoms with Gasteiger partial charge in [0.2, 0.25) is 5.88 Å². The number of aromatic nitrogens is 2. The topological polar surface area (TPSA) is 47.7 Å². The summed E-state index contributed by atoms with van der Waals surface area (Å²) in [5.74, 6) is 1.24. The van der Waals surface area contributed by atoms with Crippen LogP contribution in [0.15, 0.2) is 166 Å². The van der Waals surface area contributed by atoms with E-state index in [0.29, 0.717) is 11.6 Å². The van der Waals surface area contributed by atoms with Gasteiger partial charge in [-0.15, -0.1) is 0 Å². The first kappa shape index (κ1) is 28.3. The lowest BCUT2D eigenvalue weighted by Gasteiger charge is -2.09. The average Bonchev–Trinajstić information content (AvgIpc) is 3.82. The van der Waals surface area contributed by atoms with Gasteiger partial charge in [0.05, 0.1) is 27.5 Å². The Labute approximate surface area is 287 Å². The second kappa shape index (κ2) is 10.9. The van der Waals surface area contributed by atoms with Crippen molar-refractivity contribution in [2.45, 2.75) is 6.92 Å². The molecule has 0 aliphatic rings. The first-order valence-electron chi connectivity index (χ1n) is 16.8. The van der Waals surface area contributed by atoms with Crippen LogP contribution >= 0.6 is 0 Å². The van der Waals surface area contributed by atoms with Gasteiger partial charge in [-0.1, -0.05) is 97.1 Å². The smallest absolute Gasteiger partial charge is 0.245 e. The lowest BCUT2D eigenvalue weighted by atomic mass is 10.0. The number of fused-ring (bicyclic) bond motifs is 9. The van der Waals surface area contributed by atoms with E-state index in [-0.39, 0.29) is 0 Å². The molecule has 0 fully saturated rings. The summed E-state index contributed by atoms with van der Waals surface area (Å²) in [5.41, 5.74) is 9.51. The molecule has 0 saturated carbocycles. The molecular formula is C45H30N4O. The molecule has 0 unspecified atom stereocenters. The molecule has 0 aliphatic carbocycles. The van der Waals surface area contributed by atoms with Crippen LogP contribution in [0.25, 0.3) is 82.2 Å². The Balaban J connectivity index is 1.16. The van der Waals surface area contributed by atoms with Gasteiger partial charge in [-0.3, -0.25) is 4.57 Å². The molecule has 10 aromatic rings. The minimum Gasteiger partial charge on any atom is -0.436 e. The third-order valence-electron chi connectivity index (χ3n) is 9.97. The fraction of sp³-hybridized carbons (Fsp3) is 0.0222. The van der Waals surface area contributed by atoms with Gasteiger partial charge in [0.1, 0.15) is 17.1 Å². The van der Waals surface area contributed by atoms with Crippen LogP contribution in [-0.2, 0) is 0 Å². The Kier molecular flexibility index (Phi) is 6.17. The van der Waals surface area contributed by atoms with E-state index in [4.69, 9.17) is 9.41 Å². The van der Waals surface area contributed by atoms with E-state index < -0.39 is 0 Å². The standard InChI is InChI=1S/C45H30N4O/c1-28(47-44-43-33-15-7-6-12-29(33)22-25-42(43)50-45(44)46-2)48-38-18-10-8-16-34(38)36-26-30(20-23-40(36)48)31-21-24-41-37(27-31)35-17-9-11-19-39(35)49(41)32-13-4-3-5-14-32/h3-27H,2H2,1H3. The summed E-state index contributed by atoms with van der Waals surface area (Å²) in [5, 5.41) is 7.96. The predicted molar refractivity (Wildman–Crippen MR) is 210 cm³/mol. The van der Waals surface area contributed by atoms with E-state index in [9.17, 15) is 0 Å². The van der Waals surface area contributed by atoms with E-state index >= 15 is 0 Å². The summed E-state index contributed by atoms with van der Waals surface area (Å²) >= 11 is 0. The van der Waals surface area contributed by atoms with Crippen LogP contribution in [0, 0.1) is 0 Å². The predicted octanol–water partition coefficient (Wildman–Crippen LogP) is 12.4. The monoisotopic (exact) mass is 642 g/mol. The number of nitrogens with zero attached hydrogens (tertiary/aromatic N) is 4. The highest BCUT2D eigenvalue weighted by Crippen LogP contribution is 2.44. The zero-order chi connectivity index (χ0) is 33.3. The van der Waals surface area contributed by atoms with Crippen LogP contribution in [0.5, 0.6) is 0 Å². The molecule has 7 aromatic carbocycles. The second-order valence-electron chi connectivity index (χ2n) is 12.7. The van der Waals surface area contributed by atoms with E-state index in [0.717, 1.165) is 44.3 Å². The highest BCUT2D eigenvalue weighted by Gasteiger charge is 2.19. The molecule has 10 rings (SSSR count). The van der Waals surface area contributed by atoms with Crippen molar-refractivity contribution in [1.82, 2.24) is 9.13 Å². The summed E-state index contributed by atoms with van der Waals surface area (Å²) < 4.78 is 10.7. The number of para-hydroxylation sites is 3. The Bertz CT molecular complexity index is 3010. The number of benzene rings is 7. The number of rotatable bonds is 4. The van der Waals surface area contributed by atoms with Crippen molar-refractivity contribution < 1.29 is 4.42 Å². The summed E-state index contributed by atoms with van der Waals surface area (Å²) in [6, 6.07) is 53.7. The van der Waals surface area contributed by atoms with Crippen molar-refractivity contribution >= 4 is 89.5 Å². The Hall–Kier alpha value is -6.72. The number of hydrogen-bond acceptors (Lipinski definition) is 3. The Morgan fingerprint density at radius 3 is 1.90 bits per heavy atom. The molecule has 0 spiro atoms. The molecule has 0 aliphatic heterocycles. The highest BCUT2D eigenvalue weighted by molar-refractivity contribution is 6.18. The second-order valence-corrected chi connectivity index (χ2v) is 12.7. The molecule has 0 N–H and O–H groups in total. The number of hydrogen-bond donors (Lipinski definition) is 0. The van der Waals surface area contributed by atoms with Crippen LogP contribution < -0.4 is 0 Å². The van der Waals surface area contributed by atoms with Crippen molar-refractivity contribution in [3.63, 3.8) is 0 Å². The van der Waals surface area contributed by atoms with Gasteiger partial charge < -0.3 is 8.98 Å². The van der Waals surface area contributed by atoms with Crippen molar-refractivity contribution in [3.05, 3.63) is 152 Å². The molecule has 0 amide bonds. The first-order chi connectivity index (χ1) is 24.7. The largest absolute Gasteiger partial charge is 0.436 e. The quantitative estimate of drug-likeness (QED) is 0.139. The molecule has 50 heavy (non-hydrogen) atoms. The average molecular weight is 643 g/mol. The SMILES string of the molecule is C=Nc1oc2ccc3ccccc3c2c1N=C(C)n1c2ccccc2c2cc(-c3ccc4c(c3)c3ccccc3n4-c3ccccc3)ccc21. The third-order valence-corrected chi connectivity index (χ3v) is 9.97. The van der Waals surface area contributed by atoms with Crippen LogP contribution in [-0.4, -0.2) is 21.7 Å². The minimum atomic E-state index is 0.419. The molecule has 0 saturated heterocycles. The van der Waals surface area contributed by atoms with E-state index in [1.807, 2.05) is 25.1 Å². The first-order valence-corrected chi connectivity index (χ1v) is 16.8. The van der Waals surface area contributed by atoms with Crippen LogP contribution in [0.2, 0.25) is 0 Å². The van der Waals surface area contributed by atoms with Crippen molar-refractivity contribution in [2.24, 2.45) is 9.98 Å². The lowest BCUT2D eigenvalue weighted by Crippen LogP contribution is -2.06. The number of furan rings is 1. The van der Waals surface area contributed by atoms with Gasteiger partial charge in [-0.25, -0.2) is 9.98 Å². The molecule has 5 heteroatoms. The molecule has 0 bridgehead atoms. The van der Waals surface area contributed by atoms with Gasteiger partial charge >= 0.3 is 0 Å². The van der Waals surface area contributed by atoms with Crippen LogP contribution in [0.3, 0.4) is 0 Å². The van der Waals surface area contributed by atoms with Crippen molar-refractivity contribution in [1.29, 1.82) is 0 Å². The van der Waals surface area contributed by atoms with Gasteiger partial charge in [-0.2, -0.15) is 0 Å². The van der Waals surface area contributed by atoms with E-state index in [2.05, 4.69) is 154 Å². The van der Waals surface area contributed by atoms with Crippen LogP contribution in [0.4, 0.5) is 11.6 Å². The zero-order valence-corrected chi connectivity index (χ0v) is 27.3. The van der Waals surface area contributed by atoms with Crippen molar-refractivity contribution in [3.8, 4) is 16.8 Å². The van der Waals surface area contributed by atoms with Gasteiger partial charge in [0.25, 0.3) is 0 Å². The maximum absolute atomic E-state index is 6.15. The minimum absolute atomic E-state index is 0.419. The lowest BCUT2D eigenvalue weighted by molar-refractivity contribution is 0.627. The van der Waals surface area contributed by atoms with E-state index in [1.54, 1.807) is 0 Å². The summed E-state index contributed by atoms with van der Waals surface area (Å²) in [6.45, 7) is 5.86. The zero-order valence-electron chi connectivity index (χ0n) is 27.3. The third kappa shape index (κ3) is 4.13. The molecule has 3 aromatic heterocycles. The summed E-state index contributed by atoms with van der Waals surface area (Å²) in [7, 11) is 0. The molecular weight excluding hydrogens is 613 g/mol. The van der Waals surface area contributed by atoms with E-state index in [1.165, 1.54) is 43.7 Å². The van der Waals surface area contributed by atoms with Gasteiger partial charge in [0.15, 0.2) is 0 Å². The molecule has 0 radical (unpaired) electrons. The Morgan fingerprint density at radius 1 is 0.560 bits per heavy atom. The molecule has 236 valence electrons. The summed E-state index contributed by atoms with van der Waals surface area (Å²) in [4.78, 5) is 9.47. The maximum Gasteiger partial charge on any atom is 0.245 e. The molecule has 5 nitrogen and oxygen atoms in total. The normalized spacial score (nSPS) is 12.3. The molecule has 3 heterocycles. The van der Waals surface area contributed by atoms with Gasteiger partial charge in [0, 0.05) is 27.2 Å². The van der Waals surface area contributed by atoms with Crippen molar-refractivity contribution in [2.75, 3.05) is 0 Å².